The van der Waals surface area contributed by atoms with Crippen molar-refractivity contribution in [3.63, 3.8) is 0 Å². The van der Waals surface area contributed by atoms with Crippen LogP contribution in [0.5, 0.6) is 11.5 Å². The molecule has 25 heavy (non-hydrogen) atoms. The van der Waals surface area contributed by atoms with E-state index in [-0.39, 0.29) is 23.7 Å². The quantitative estimate of drug-likeness (QED) is 0.561. The van der Waals surface area contributed by atoms with E-state index < -0.39 is 11.6 Å². The largest absolute Gasteiger partial charge is 0.508 e. The highest BCUT2D eigenvalue weighted by Crippen LogP contribution is 2.26. The number of fused-ring (bicyclic) bond motifs is 1. The molecule has 0 aliphatic rings. The van der Waals surface area contributed by atoms with Gasteiger partial charge in [0.2, 0.25) is 0 Å². The van der Waals surface area contributed by atoms with Crippen molar-refractivity contribution in [3.05, 3.63) is 69.1 Å². The Morgan fingerprint density at radius 2 is 1.88 bits per heavy atom. The van der Waals surface area contributed by atoms with Gasteiger partial charge in [-0.05, 0) is 37.1 Å². The topological polar surface area (TPSA) is 97.0 Å². The van der Waals surface area contributed by atoms with Gasteiger partial charge in [0.25, 0.3) is 0 Å². The van der Waals surface area contributed by atoms with Crippen LogP contribution in [0.15, 0.2) is 45.6 Å². The van der Waals surface area contributed by atoms with Crippen LogP contribution in [0.25, 0.3) is 11.0 Å². The second kappa shape index (κ2) is 6.32. The zero-order valence-electron chi connectivity index (χ0n) is 13.7. The van der Waals surface area contributed by atoms with Crippen LogP contribution < -0.4 is 5.63 Å². The number of aryl methyl sites for hydroxylation is 2. The summed E-state index contributed by atoms with van der Waals surface area (Å²) in [5.41, 5.74) is 2.21. The first-order valence-corrected chi connectivity index (χ1v) is 7.59. The zero-order valence-corrected chi connectivity index (χ0v) is 13.7. The molecule has 3 aromatic rings. The fourth-order valence-corrected chi connectivity index (χ4v) is 2.56. The molecule has 0 atom stereocenters. The maximum absolute atomic E-state index is 12.1. The van der Waals surface area contributed by atoms with Gasteiger partial charge < -0.3 is 19.4 Å². The SMILES string of the molecule is Cc1ccc2c(COC(=O)c3ccc(O)cc3O)cc(=O)oc2c1C. The third-order valence-corrected chi connectivity index (χ3v) is 4.08. The Kier molecular flexibility index (Phi) is 4.19. The standard InChI is InChI=1S/C19H16O6/c1-10-3-5-14-12(7-17(22)25-18(14)11(10)2)9-24-19(23)15-6-4-13(20)8-16(15)21/h3-8,20-21H,9H2,1-2H3. The molecule has 0 radical (unpaired) electrons. The first-order chi connectivity index (χ1) is 11.9. The monoisotopic (exact) mass is 340 g/mol. The first-order valence-electron chi connectivity index (χ1n) is 7.59. The van der Waals surface area contributed by atoms with Crippen LogP contribution in [-0.4, -0.2) is 16.2 Å². The van der Waals surface area contributed by atoms with Crippen molar-refractivity contribution in [1.29, 1.82) is 0 Å². The lowest BCUT2D eigenvalue weighted by Gasteiger charge is -2.10. The number of ether oxygens (including phenoxy) is 1. The maximum atomic E-state index is 12.1. The van der Waals surface area contributed by atoms with Gasteiger partial charge in [-0.1, -0.05) is 12.1 Å². The van der Waals surface area contributed by atoms with Gasteiger partial charge in [-0.15, -0.1) is 0 Å². The Labute approximate surface area is 142 Å². The molecule has 1 heterocycles. The lowest BCUT2D eigenvalue weighted by atomic mass is 10.0. The van der Waals surface area contributed by atoms with E-state index in [9.17, 15) is 19.8 Å². The minimum atomic E-state index is -0.761. The molecule has 2 aromatic carbocycles. The summed E-state index contributed by atoms with van der Waals surface area (Å²) in [6, 6.07) is 8.57. The predicted octanol–water partition coefficient (Wildman–Crippen LogP) is 3.18. The number of phenols is 2. The van der Waals surface area contributed by atoms with Crippen LogP contribution in [0.2, 0.25) is 0 Å². The Balaban J connectivity index is 1.92. The van der Waals surface area contributed by atoms with E-state index in [0.29, 0.717) is 16.5 Å². The number of aromatic hydroxyl groups is 2. The highest BCUT2D eigenvalue weighted by atomic mass is 16.5. The predicted molar refractivity (Wildman–Crippen MR) is 90.8 cm³/mol. The molecule has 0 aliphatic carbocycles. The molecule has 0 unspecified atom stereocenters. The van der Waals surface area contributed by atoms with Crippen LogP contribution in [0.3, 0.4) is 0 Å². The van der Waals surface area contributed by atoms with Crippen LogP contribution in [0.4, 0.5) is 0 Å². The van der Waals surface area contributed by atoms with Gasteiger partial charge in [-0.2, -0.15) is 0 Å². The number of rotatable bonds is 3. The average Bonchev–Trinajstić information content (AvgIpc) is 2.56. The Bertz CT molecular complexity index is 1030. The Hall–Kier alpha value is -3.28. The van der Waals surface area contributed by atoms with Crippen LogP contribution >= 0.6 is 0 Å². The highest BCUT2D eigenvalue weighted by molar-refractivity contribution is 5.93. The van der Waals surface area contributed by atoms with Crippen LogP contribution in [0.1, 0.15) is 27.0 Å². The summed E-state index contributed by atoms with van der Waals surface area (Å²) in [7, 11) is 0. The van der Waals surface area contributed by atoms with E-state index in [1.807, 2.05) is 26.0 Å². The van der Waals surface area contributed by atoms with E-state index >= 15 is 0 Å². The van der Waals surface area contributed by atoms with E-state index in [1.165, 1.54) is 18.2 Å². The molecule has 0 spiro atoms. The molecule has 2 N–H and O–H groups in total. The highest BCUT2D eigenvalue weighted by Gasteiger charge is 2.15. The molecule has 0 aliphatic heterocycles. The Morgan fingerprint density at radius 3 is 2.60 bits per heavy atom. The molecule has 128 valence electrons. The third kappa shape index (κ3) is 3.19. The summed E-state index contributed by atoms with van der Waals surface area (Å²) >= 11 is 0. The van der Waals surface area contributed by atoms with Crippen molar-refractivity contribution in [3.8, 4) is 11.5 Å². The van der Waals surface area contributed by atoms with Crippen molar-refractivity contribution in [2.75, 3.05) is 0 Å². The van der Waals surface area contributed by atoms with E-state index in [0.717, 1.165) is 17.2 Å². The molecule has 1 aromatic heterocycles. The lowest BCUT2D eigenvalue weighted by molar-refractivity contribution is 0.0470. The van der Waals surface area contributed by atoms with Crippen molar-refractivity contribution < 1.29 is 24.2 Å². The summed E-state index contributed by atoms with van der Waals surface area (Å²) in [5.74, 6) is -1.30. The summed E-state index contributed by atoms with van der Waals surface area (Å²) in [5, 5.41) is 19.7. The van der Waals surface area contributed by atoms with E-state index in [4.69, 9.17) is 9.15 Å². The number of benzene rings is 2. The minimum absolute atomic E-state index is 0.0721. The number of hydrogen-bond acceptors (Lipinski definition) is 6. The van der Waals surface area contributed by atoms with Gasteiger partial charge in [0.05, 0.1) is 0 Å². The summed E-state index contributed by atoms with van der Waals surface area (Å²) in [4.78, 5) is 23.9. The van der Waals surface area contributed by atoms with Gasteiger partial charge in [0.15, 0.2) is 0 Å². The van der Waals surface area contributed by atoms with Crippen LogP contribution in [0, 0.1) is 13.8 Å². The summed E-state index contributed by atoms with van der Waals surface area (Å²) in [6.07, 6.45) is 0. The van der Waals surface area contributed by atoms with Crippen molar-refractivity contribution in [2.24, 2.45) is 0 Å². The first kappa shape index (κ1) is 16.6. The smallest absolute Gasteiger partial charge is 0.342 e. The Morgan fingerprint density at radius 1 is 1.12 bits per heavy atom. The number of carbonyl (C=O) groups is 1. The van der Waals surface area contributed by atoms with Gasteiger partial charge in [0.1, 0.15) is 29.3 Å². The normalized spacial score (nSPS) is 10.8. The molecular weight excluding hydrogens is 324 g/mol. The summed E-state index contributed by atoms with van der Waals surface area (Å²) < 4.78 is 10.5. The minimum Gasteiger partial charge on any atom is -0.508 e. The van der Waals surface area contributed by atoms with Gasteiger partial charge in [0, 0.05) is 23.1 Å². The second-order valence-electron chi connectivity index (χ2n) is 5.75. The van der Waals surface area contributed by atoms with Crippen LogP contribution in [-0.2, 0) is 11.3 Å². The van der Waals surface area contributed by atoms with E-state index in [2.05, 4.69) is 0 Å². The fraction of sp³-hybridized carbons (Fsp3) is 0.158. The van der Waals surface area contributed by atoms with Crippen molar-refractivity contribution in [1.82, 2.24) is 0 Å². The average molecular weight is 340 g/mol. The zero-order chi connectivity index (χ0) is 18.1. The second-order valence-corrected chi connectivity index (χ2v) is 5.75. The number of esters is 1. The molecule has 0 amide bonds. The molecule has 3 rings (SSSR count). The molecule has 0 bridgehead atoms. The molecular formula is C19H16O6. The fourth-order valence-electron chi connectivity index (χ4n) is 2.56. The molecule has 6 nitrogen and oxygen atoms in total. The van der Waals surface area contributed by atoms with Gasteiger partial charge in [-0.25, -0.2) is 9.59 Å². The third-order valence-electron chi connectivity index (χ3n) is 4.08. The summed E-state index contributed by atoms with van der Waals surface area (Å²) in [6.45, 7) is 3.61. The van der Waals surface area contributed by atoms with Crippen molar-refractivity contribution >= 4 is 16.9 Å². The lowest BCUT2D eigenvalue weighted by Crippen LogP contribution is -2.08. The van der Waals surface area contributed by atoms with Gasteiger partial charge in [-0.3, -0.25) is 0 Å². The molecule has 6 heteroatoms. The number of hydrogen-bond donors (Lipinski definition) is 2. The maximum Gasteiger partial charge on any atom is 0.342 e. The number of carbonyl (C=O) groups excluding carboxylic acids is 1. The van der Waals surface area contributed by atoms with Gasteiger partial charge >= 0.3 is 11.6 Å². The molecule has 0 saturated heterocycles. The molecule has 0 saturated carbocycles. The number of phenolic OH excluding ortho intramolecular Hbond substituents is 2. The van der Waals surface area contributed by atoms with Crippen molar-refractivity contribution in [2.45, 2.75) is 20.5 Å². The van der Waals surface area contributed by atoms with E-state index in [1.54, 1.807) is 0 Å². The molecule has 0 fully saturated rings.